The van der Waals surface area contributed by atoms with Crippen LogP contribution in [-0.4, -0.2) is 10.1 Å². The molecule has 1 aromatic carbocycles. The van der Waals surface area contributed by atoms with E-state index in [4.69, 9.17) is 4.42 Å². The van der Waals surface area contributed by atoms with E-state index < -0.39 is 6.10 Å². The molecule has 14 heavy (non-hydrogen) atoms. The highest BCUT2D eigenvalue weighted by molar-refractivity contribution is 5.72. The lowest BCUT2D eigenvalue weighted by atomic mass is 10.2. The summed E-state index contributed by atoms with van der Waals surface area (Å²) in [7, 11) is 0. The van der Waals surface area contributed by atoms with Gasteiger partial charge in [-0.05, 0) is 18.6 Å². The van der Waals surface area contributed by atoms with E-state index in [0.29, 0.717) is 12.3 Å². The van der Waals surface area contributed by atoms with Crippen LogP contribution in [-0.2, 0) is 0 Å². The van der Waals surface area contributed by atoms with Gasteiger partial charge in [0.25, 0.3) is 0 Å². The first-order valence-electron chi connectivity index (χ1n) is 4.85. The number of aromatic nitrogens is 1. The third-order valence-corrected chi connectivity index (χ3v) is 2.16. The standard InChI is InChI=1S/C11H13NO2/c1-2-5-9(13)11-12-8-6-3-4-7-10(8)14-11/h3-4,6-7,9,13H,2,5H2,1H3. The molecule has 3 nitrogen and oxygen atoms in total. The van der Waals surface area contributed by atoms with Gasteiger partial charge in [-0.2, -0.15) is 0 Å². The Bertz CT molecular complexity index is 389. The Balaban J connectivity index is 2.35. The van der Waals surface area contributed by atoms with Gasteiger partial charge in [0.2, 0.25) is 5.89 Å². The van der Waals surface area contributed by atoms with Gasteiger partial charge in [0.15, 0.2) is 5.58 Å². The van der Waals surface area contributed by atoms with Crippen molar-refractivity contribution in [3.05, 3.63) is 30.2 Å². The van der Waals surface area contributed by atoms with E-state index in [1.165, 1.54) is 0 Å². The molecule has 1 aromatic heterocycles. The number of fused-ring (bicyclic) bond motifs is 1. The number of rotatable bonds is 3. The van der Waals surface area contributed by atoms with Crippen molar-refractivity contribution < 1.29 is 9.52 Å². The van der Waals surface area contributed by atoms with Crippen LogP contribution in [0, 0.1) is 0 Å². The normalized spacial score (nSPS) is 13.3. The number of hydrogen-bond acceptors (Lipinski definition) is 3. The molecule has 0 fully saturated rings. The van der Waals surface area contributed by atoms with Crippen molar-refractivity contribution in [3.8, 4) is 0 Å². The van der Waals surface area contributed by atoms with Crippen molar-refractivity contribution in [1.29, 1.82) is 0 Å². The third kappa shape index (κ3) is 1.63. The molecule has 3 heteroatoms. The number of hydrogen-bond donors (Lipinski definition) is 1. The lowest BCUT2D eigenvalue weighted by Gasteiger charge is -2.01. The first-order valence-corrected chi connectivity index (χ1v) is 4.85. The van der Waals surface area contributed by atoms with Crippen LogP contribution in [0.1, 0.15) is 31.8 Å². The van der Waals surface area contributed by atoms with Crippen LogP contribution >= 0.6 is 0 Å². The van der Waals surface area contributed by atoms with Crippen LogP contribution in [0.4, 0.5) is 0 Å². The lowest BCUT2D eigenvalue weighted by Crippen LogP contribution is -1.95. The summed E-state index contributed by atoms with van der Waals surface area (Å²) in [6.07, 6.45) is 1.03. The minimum atomic E-state index is -0.576. The van der Waals surface area contributed by atoms with Crippen LogP contribution in [0.5, 0.6) is 0 Å². The summed E-state index contributed by atoms with van der Waals surface area (Å²) in [5.74, 6) is 0.424. The molecule has 0 aliphatic carbocycles. The Kier molecular flexibility index (Phi) is 2.50. The third-order valence-electron chi connectivity index (χ3n) is 2.16. The molecule has 0 saturated heterocycles. The second-order valence-corrected chi connectivity index (χ2v) is 3.32. The van der Waals surface area contributed by atoms with E-state index in [1.807, 2.05) is 31.2 Å². The van der Waals surface area contributed by atoms with E-state index in [1.54, 1.807) is 0 Å². The number of aliphatic hydroxyl groups is 1. The van der Waals surface area contributed by atoms with Crippen LogP contribution in [0.2, 0.25) is 0 Å². The Labute approximate surface area is 82.4 Å². The van der Waals surface area contributed by atoms with Gasteiger partial charge in [0.1, 0.15) is 11.6 Å². The minimum Gasteiger partial charge on any atom is -0.438 e. The first kappa shape index (κ1) is 9.21. The van der Waals surface area contributed by atoms with Crippen molar-refractivity contribution in [3.63, 3.8) is 0 Å². The second-order valence-electron chi connectivity index (χ2n) is 3.32. The van der Waals surface area contributed by atoms with E-state index in [9.17, 15) is 5.11 Å². The van der Waals surface area contributed by atoms with E-state index in [2.05, 4.69) is 4.98 Å². The molecule has 2 rings (SSSR count). The highest BCUT2D eigenvalue weighted by Gasteiger charge is 2.13. The average Bonchev–Trinajstić information content (AvgIpc) is 2.61. The molecule has 1 N–H and O–H groups in total. The Morgan fingerprint density at radius 2 is 2.21 bits per heavy atom. The van der Waals surface area contributed by atoms with Crippen molar-refractivity contribution in [2.24, 2.45) is 0 Å². The summed E-state index contributed by atoms with van der Waals surface area (Å²) in [5.41, 5.74) is 1.54. The highest BCUT2D eigenvalue weighted by atomic mass is 16.4. The maximum absolute atomic E-state index is 9.67. The predicted octanol–water partition coefficient (Wildman–Crippen LogP) is 2.66. The van der Waals surface area contributed by atoms with Crippen molar-refractivity contribution in [2.45, 2.75) is 25.9 Å². The van der Waals surface area contributed by atoms with E-state index >= 15 is 0 Å². The molecule has 0 aliphatic heterocycles. The number of oxazole rings is 1. The molecule has 74 valence electrons. The predicted molar refractivity (Wildman–Crippen MR) is 53.9 cm³/mol. The molecule has 2 aromatic rings. The summed E-state index contributed by atoms with van der Waals surface area (Å²) < 4.78 is 5.42. The second kappa shape index (κ2) is 3.80. The zero-order valence-corrected chi connectivity index (χ0v) is 8.10. The zero-order valence-electron chi connectivity index (χ0n) is 8.10. The molecular weight excluding hydrogens is 178 g/mol. The van der Waals surface area contributed by atoms with Gasteiger partial charge in [-0.25, -0.2) is 4.98 Å². The number of nitrogens with zero attached hydrogens (tertiary/aromatic N) is 1. The number of benzene rings is 1. The van der Waals surface area contributed by atoms with Crippen LogP contribution in [0.3, 0.4) is 0 Å². The molecule has 1 heterocycles. The number of aliphatic hydroxyl groups excluding tert-OH is 1. The van der Waals surface area contributed by atoms with E-state index in [-0.39, 0.29) is 0 Å². The smallest absolute Gasteiger partial charge is 0.224 e. The molecule has 0 aliphatic rings. The van der Waals surface area contributed by atoms with Crippen LogP contribution in [0.25, 0.3) is 11.1 Å². The SMILES string of the molecule is CCCC(O)c1nc2ccccc2o1. The lowest BCUT2D eigenvalue weighted by molar-refractivity contribution is 0.135. The monoisotopic (exact) mass is 191 g/mol. The molecular formula is C11H13NO2. The van der Waals surface area contributed by atoms with Gasteiger partial charge < -0.3 is 9.52 Å². The molecule has 1 unspecified atom stereocenters. The van der Waals surface area contributed by atoms with Crippen molar-refractivity contribution in [1.82, 2.24) is 4.98 Å². The van der Waals surface area contributed by atoms with Crippen molar-refractivity contribution in [2.75, 3.05) is 0 Å². The molecule has 1 atom stereocenters. The fraction of sp³-hybridized carbons (Fsp3) is 0.364. The van der Waals surface area contributed by atoms with Gasteiger partial charge in [-0.3, -0.25) is 0 Å². The Morgan fingerprint density at radius 3 is 2.93 bits per heavy atom. The first-order chi connectivity index (χ1) is 6.81. The highest BCUT2D eigenvalue weighted by Crippen LogP contribution is 2.22. The topological polar surface area (TPSA) is 46.3 Å². The average molecular weight is 191 g/mol. The molecule has 0 radical (unpaired) electrons. The number of para-hydroxylation sites is 2. The van der Waals surface area contributed by atoms with Gasteiger partial charge in [-0.1, -0.05) is 25.5 Å². The largest absolute Gasteiger partial charge is 0.438 e. The maximum atomic E-state index is 9.67. The van der Waals surface area contributed by atoms with Gasteiger partial charge in [0.05, 0.1) is 0 Å². The minimum absolute atomic E-state index is 0.424. The summed E-state index contributed by atoms with van der Waals surface area (Å²) in [5, 5.41) is 9.67. The Morgan fingerprint density at radius 1 is 1.43 bits per heavy atom. The summed E-state index contributed by atoms with van der Waals surface area (Å²) in [4.78, 5) is 4.21. The summed E-state index contributed by atoms with van der Waals surface area (Å²) in [6.45, 7) is 2.02. The summed E-state index contributed by atoms with van der Waals surface area (Å²) in [6, 6.07) is 7.52. The molecule has 0 saturated carbocycles. The quantitative estimate of drug-likeness (QED) is 0.811. The fourth-order valence-electron chi connectivity index (χ4n) is 1.43. The van der Waals surface area contributed by atoms with E-state index in [0.717, 1.165) is 17.5 Å². The molecule has 0 amide bonds. The molecule has 0 spiro atoms. The fourth-order valence-corrected chi connectivity index (χ4v) is 1.43. The van der Waals surface area contributed by atoms with Crippen LogP contribution < -0.4 is 0 Å². The van der Waals surface area contributed by atoms with Crippen LogP contribution in [0.15, 0.2) is 28.7 Å². The summed E-state index contributed by atoms with van der Waals surface area (Å²) >= 11 is 0. The van der Waals surface area contributed by atoms with Crippen molar-refractivity contribution >= 4 is 11.1 Å². The Hall–Kier alpha value is -1.35. The zero-order chi connectivity index (χ0) is 9.97. The van der Waals surface area contributed by atoms with Gasteiger partial charge >= 0.3 is 0 Å². The maximum Gasteiger partial charge on any atom is 0.224 e. The van der Waals surface area contributed by atoms with Gasteiger partial charge in [-0.15, -0.1) is 0 Å². The van der Waals surface area contributed by atoms with Gasteiger partial charge in [0, 0.05) is 0 Å². The molecule has 0 bridgehead atoms.